The maximum absolute atomic E-state index is 13.7. The lowest BCUT2D eigenvalue weighted by molar-refractivity contribution is 0.00503. The molecule has 1 amide bonds. The van der Waals surface area contributed by atoms with E-state index in [2.05, 4.69) is 0 Å². The summed E-state index contributed by atoms with van der Waals surface area (Å²) in [5.41, 5.74) is 0.451. The van der Waals surface area contributed by atoms with Crippen molar-refractivity contribution in [2.45, 2.75) is 64.3 Å². The summed E-state index contributed by atoms with van der Waals surface area (Å²) >= 11 is 0. The van der Waals surface area contributed by atoms with Crippen LogP contribution in [0.15, 0.2) is 41.3 Å². The van der Waals surface area contributed by atoms with Gasteiger partial charge in [-0.2, -0.15) is 0 Å². The monoisotopic (exact) mass is 436 g/mol. The number of piperidine rings is 1. The maximum atomic E-state index is 13.7. The highest BCUT2D eigenvalue weighted by Crippen LogP contribution is 2.41. The Morgan fingerprint density at radius 2 is 1.88 bits per heavy atom. The molecule has 0 spiro atoms. The van der Waals surface area contributed by atoms with E-state index in [-0.39, 0.29) is 48.2 Å². The number of ether oxygens (including phenoxy) is 2. The quantitative estimate of drug-likeness (QED) is 0.672. The molecular weight excluding hydrogens is 408 g/mol. The predicted molar refractivity (Wildman–Crippen MR) is 118 cm³/mol. The number of amides is 1. The van der Waals surface area contributed by atoms with Crippen molar-refractivity contribution in [1.29, 1.82) is 0 Å². The second-order valence-electron chi connectivity index (χ2n) is 8.99. The predicted octanol–water partition coefficient (Wildman–Crippen LogP) is 3.39. The summed E-state index contributed by atoms with van der Waals surface area (Å²) in [6.07, 6.45) is 6.84. The summed E-state index contributed by atoms with van der Waals surface area (Å²) in [4.78, 5) is 41.5. The molecule has 3 unspecified atom stereocenters. The van der Waals surface area contributed by atoms with E-state index in [0.717, 1.165) is 31.2 Å². The summed E-state index contributed by atoms with van der Waals surface area (Å²) in [6, 6.07) is 9.76. The molecule has 3 heterocycles. The molecule has 2 aromatic rings. The second-order valence-corrected chi connectivity index (χ2v) is 8.99. The maximum Gasteiger partial charge on any atom is 0.343 e. The number of aromatic nitrogens is 1. The fraction of sp³-hybridized carbons (Fsp3) is 0.480. The number of rotatable bonds is 5. The summed E-state index contributed by atoms with van der Waals surface area (Å²) in [6.45, 7) is 2.56. The molecule has 0 radical (unpaired) electrons. The van der Waals surface area contributed by atoms with Gasteiger partial charge in [0.05, 0.1) is 12.6 Å². The summed E-state index contributed by atoms with van der Waals surface area (Å²) in [7, 11) is 0. The Kier molecular flexibility index (Phi) is 5.49. The minimum Gasteiger partial charge on any atom is -0.483 e. The molecule has 168 valence electrons. The van der Waals surface area contributed by atoms with Gasteiger partial charge in [0.2, 0.25) is 5.43 Å². The van der Waals surface area contributed by atoms with Crippen LogP contribution in [-0.4, -0.2) is 40.0 Å². The van der Waals surface area contributed by atoms with Crippen molar-refractivity contribution in [3.63, 3.8) is 0 Å². The molecule has 1 aliphatic carbocycles. The van der Waals surface area contributed by atoms with Crippen LogP contribution in [0.5, 0.6) is 5.75 Å². The zero-order valence-corrected chi connectivity index (χ0v) is 18.3. The molecule has 5 rings (SSSR count). The van der Waals surface area contributed by atoms with E-state index in [4.69, 9.17) is 9.47 Å². The lowest BCUT2D eigenvalue weighted by atomic mass is 9.76. The van der Waals surface area contributed by atoms with Gasteiger partial charge in [0.15, 0.2) is 11.4 Å². The first kappa shape index (κ1) is 20.8. The molecule has 2 fully saturated rings. The molecule has 0 N–H and O–H groups in total. The van der Waals surface area contributed by atoms with Crippen molar-refractivity contribution in [2.24, 2.45) is 5.92 Å². The van der Waals surface area contributed by atoms with Gasteiger partial charge in [0, 0.05) is 18.8 Å². The van der Waals surface area contributed by atoms with Gasteiger partial charge in [-0.15, -0.1) is 0 Å². The molecule has 1 saturated carbocycles. The van der Waals surface area contributed by atoms with E-state index in [0.29, 0.717) is 12.5 Å². The second kappa shape index (κ2) is 8.45. The molecule has 1 aromatic carbocycles. The van der Waals surface area contributed by atoms with Gasteiger partial charge in [-0.25, -0.2) is 4.79 Å². The number of carbonyl (C=O) groups excluding carboxylic acids is 2. The number of esters is 1. The topological polar surface area (TPSA) is 77.8 Å². The number of pyridine rings is 1. The molecule has 1 saturated heterocycles. The fourth-order valence-electron chi connectivity index (χ4n) is 5.59. The molecule has 7 heteroatoms. The van der Waals surface area contributed by atoms with Crippen molar-refractivity contribution >= 4 is 11.9 Å². The minimum absolute atomic E-state index is 0.0548. The van der Waals surface area contributed by atoms with Crippen molar-refractivity contribution in [1.82, 2.24) is 9.47 Å². The zero-order valence-electron chi connectivity index (χ0n) is 18.3. The highest BCUT2D eigenvalue weighted by atomic mass is 16.5. The van der Waals surface area contributed by atoms with E-state index in [1.807, 2.05) is 35.2 Å². The molecule has 32 heavy (non-hydrogen) atoms. The van der Waals surface area contributed by atoms with Crippen LogP contribution in [0, 0.1) is 5.92 Å². The van der Waals surface area contributed by atoms with Crippen LogP contribution in [0.25, 0.3) is 0 Å². The largest absolute Gasteiger partial charge is 0.483 e. The first-order valence-electron chi connectivity index (χ1n) is 11.5. The first-order chi connectivity index (χ1) is 15.6. The third kappa shape index (κ3) is 3.59. The number of carbonyl (C=O) groups is 2. The van der Waals surface area contributed by atoms with E-state index in [1.54, 1.807) is 11.5 Å². The number of hydrogen-bond donors (Lipinski definition) is 0. The van der Waals surface area contributed by atoms with Gasteiger partial charge >= 0.3 is 5.97 Å². The van der Waals surface area contributed by atoms with Gasteiger partial charge in [-0.3, -0.25) is 9.59 Å². The third-order valence-electron chi connectivity index (χ3n) is 6.95. The van der Waals surface area contributed by atoms with Crippen LogP contribution in [0.2, 0.25) is 0 Å². The SMILES string of the molecule is CCOC(=O)c1cn2c(c(OCc3ccccc3)c1=O)C(=O)N1C3CCCC(C3)CC1C2. The lowest BCUT2D eigenvalue weighted by Crippen LogP contribution is -2.58. The smallest absolute Gasteiger partial charge is 0.343 e. The Balaban J connectivity index is 1.58. The average molecular weight is 437 g/mol. The highest BCUT2D eigenvalue weighted by molar-refractivity contribution is 5.98. The fourth-order valence-corrected chi connectivity index (χ4v) is 5.59. The molecular formula is C25H28N2O5. The van der Waals surface area contributed by atoms with Crippen molar-refractivity contribution < 1.29 is 19.1 Å². The summed E-state index contributed by atoms with van der Waals surface area (Å²) in [5.74, 6) is -0.266. The Bertz CT molecular complexity index is 1090. The summed E-state index contributed by atoms with van der Waals surface area (Å²) in [5, 5.41) is 0. The Labute approximate surface area is 186 Å². The van der Waals surface area contributed by atoms with Crippen LogP contribution in [0.4, 0.5) is 0 Å². The van der Waals surface area contributed by atoms with Crippen LogP contribution < -0.4 is 10.2 Å². The van der Waals surface area contributed by atoms with Gasteiger partial charge in [-0.05, 0) is 37.7 Å². The molecule has 1 aromatic heterocycles. The normalized spacial score (nSPS) is 23.8. The highest BCUT2D eigenvalue weighted by Gasteiger charge is 2.45. The molecule has 2 bridgehead atoms. The van der Waals surface area contributed by atoms with Crippen LogP contribution in [0.1, 0.15) is 65.4 Å². The molecule has 3 atom stereocenters. The van der Waals surface area contributed by atoms with Gasteiger partial charge in [0.1, 0.15) is 12.2 Å². The lowest BCUT2D eigenvalue weighted by Gasteiger charge is -2.50. The average Bonchev–Trinajstić information content (AvgIpc) is 2.79. The van der Waals surface area contributed by atoms with E-state index in [1.165, 1.54) is 12.6 Å². The minimum atomic E-state index is -0.687. The van der Waals surface area contributed by atoms with Gasteiger partial charge in [-0.1, -0.05) is 43.2 Å². The first-order valence-corrected chi connectivity index (χ1v) is 11.5. The van der Waals surface area contributed by atoms with Crippen LogP contribution in [-0.2, 0) is 17.9 Å². The summed E-state index contributed by atoms with van der Waals surface area (Å²) < 4.78 is 12.8. The Morgan fingerprint density at radius 3 is 2.66 bits per heavy atom. The number of benzene rings is 1. The van der Waals surface area contributed by atoms with Crippen LogP contribution >= 0.6 is 0 Å². The number of nitrogens with zero attached hydrogens (tertiary/aromatic N) is 2. The number of hydrogen-bond acceptors (Lipinski definition) is 5. The van der Waals surface area contributed by atoms with Gasteiger partial charge < -0.3 is 18.9 Å². The van der Waals surface area contributed by atoms with Gasteiger partial charge in [0.25, 0.3) is 5.91 Å². The number of fused-ring (bicyclic) bond motifs is 5. The molecule has 3 aliphatic rings. The third-order valence-corrected chi connectivity index (χ3v) is 6.95. The Morgan fingerprint density at radius 1 is 1.09 bits per heavy atom. The molecule has 2 aliphatic heterocycles. The molecule has 7 nitrogen and oxygen atoms in total. The Hall–Kier alpha value is -3.09. The van der Waals surface area contributed by atoms with Crippen molar-refractivity contribution in [3.8, 4) is 5.75 Å². The standard InChI is InChI=1S/C25H28N2O5/c1-2-31-25(30)20-14-26-13-19-12-17-9-6-10-18(11-17)27(19)24(29)21(26)23(22(20)28)32-15-16-7-4-3-5-8-16/h3-5,7-8,14,17-19H,2,6,9-13,15H2,1H3. The van der Waals surface area contributed by atoms with Crippen LogP contribution in [0.3, 0.4) is 0 Å². The van der Waals surface area contributed by atoms with E-state index < -0.39 is 11.4 Å². The van der Waals surface area contributed by atoms with E-state index in [9.17, 15) is 14.4 Å². The van der Waals surface area contributed by atoms with E-state index >= 15 is 0 Å². The zero-order chi connectivity index (χ0) is 22.2. The van der Waals surface area contributed by atoms with Crippen molar-refractivity contribution in [3.05, 3.63) is 63.6 Å². The van der Waals surface area contributed by atoms with Crippen molar-refractivity contribution in [2.75, 3.05) is 6.61 Å².